The molecular formula is C12H7Cl3F3N3O. The summed E-state index contributed by atoms with van der Waals surface area (Å²) < 4.78 is 39.5. The molecule has 1 amide bonds. The van der Waals surface area contributed by atoms with E-state index in [1.165, 1.54) is 25.2 Å². The minimum absolute atomic E-state index is 0.146. The van der Waals surface area contributed by atoms with Gasteiger partial charge in [-0.25, -0.2) is 0 Å². The molecule has 0 spiro atoms. The van der Waals surface area contributed by atoms with Gasteiger partial charge in [0.15, 0.2) is 5.69 Å². The lowest BCUT2D eigenvalue weighted by molar-refractivity contribution is -0.141. The Morgan fingerprint density at radius 2 is 1.86 bits per heavy atom. The minimum atomic E-state index is -4.81. The van der Waals surface area contributed by atoms with E-state index in [1.807, 2.05) is 0 Å². The molecule has 0 atom stereocenters. The lowest BCUT2D eigenvalue weighted by Crippen LogP contribution is -2.18. The van der Waals surface area contributed by atoms with Crippen LogP contribution in [0.5, 0.6) is 0 Å². The Bertz CT molecular complexity index is 743. The van der Waals surface area contributed by atoms with Crippen LogP contribution in [0.25, 0.3) is 0 Å². The number of hydrogen-bond donors (Lipinski definition) is 1. The van der Waals surface area contributed by atoms with Crippen LogP contribution in [0.15, 0.2) is 18.2 Å². The Kier molecular flexibility index (Phi) is 4.60. The first-order valence-corrected chi connectivity index (χ1v) is 6.80. The van der Waals surface area contributed by atoms with Crippen molar-refractivity contribution in [2.75, 3.05) is 5.32 Å². The molecular weight excluding hydrogens is 366 g/mol. The largest absolute Gasteiger partial charge is 0.436 e. The third-order valence-electron chi connectivity index (χ3n) is 2.65. The Morgan fingerprint density at radius 3 is 2.41 bits per heavy atom. The maximum Gasteiger partial charge on any atom is 0.436 e. The number of benzene rings is 1. The molecule has 10 heteroatoms. The molecule has 0 unspecified atom stereocenters. The molecule has 0 aliphatic carbocycles. The fourth-order valence-electron chi connectivity index (χ4n) is 1.67. The highest BCUT2D eigenvalue weighted by Gasteiger charge is 2.41. The Morgan fingerprint density at radius 1 is 1.23 bits per heavy atom. The smallest absolute Gasteiger partial charge is 0.322 e. The highest BCUT2D eigenvalue weighted by molar-refractivity contribution is 6.42. The van der Waals surface area contributed by atoms with E-state index in [0.29, 0.717) is 0 Å². The number of nitrogens with zero attached hydrogens (tertiary/aromatic N) is 2. The molecule has 1 N–H and O–H groups in total. The Labute approximate surface area is 137 Å². The average Bonchev–Trinajstić information content (AvgIpc) is 2.70. The van der Waals surface area contributed by atoms with Gasteiger partial charge in [-0.2, -0.15) is 18.3 Å². The summed E-state index contributed by atoms with van der Waals surface area (Å²) in [7, 11) is 1.20. The first-order valence-electron chi connectivity index (χ1n) is 5.67. The van der Waals surface area contributed by atoms with Crippen LogP contribution in [0, 0.1) is 0 Å². The van der Waals surface area contributed by atoms with E-state index < -0.39 is 28.5 Å². The van der Waals surface area contributed by atoms with E-state index in [2.05, 4.69) is 10.4 Å². The summed E-state index contributed by atoms with van der Waals surface area (Å²) in [6.07, 6.45) is -4.81. The van der Waals surface area contributed by atoms with Gasteiger partial charge >= 0.3 is 6.18 Å². The zero-order chi connectivity index (χ0) is 16.7. The minimum Gasteiger partial charge on any atom is -0.322 e. The fourth-order valence-corrected chi connectivity index (χ4v) is 2.18. The van der Waals surface area contributed by atoms with Crippen molar-refractivity contribution in [1.29, 1.82) is 0 Å². The molecule has 0 saturated heterocycles. The number of hydrogen-bond acceptors (Lipinski definition) is 2. The maximum absolute atomic E-state index is 12.9. The van der Waals surface area contributed by atoms with Gasteiger partial charge in [-0.15, -0.1) is 0 Å². The van der Waals surface area contributed by atoms with Crippen LogP contribution in [-0.4, -0.2) is 15.7 Å². The summed E-state index contributed by atoms with van der Waals surface area (Å²) in [5.74, 6) is -1.05. The quantitative estimate of drug-likeness (QED) is 0.834. The number of nitrogens with one attached hydrogen (secondary N) is 1. The molecule has 0 saturated carbocycles. The number of rotatable bonds is 2. The molecule has 0 radical (unpaired) electrons. The van der Waals surface area contributed by atoms with E-state index in [-0.39, 0.29) is 15.7 Å². The monoisotopic (exact) mass is 371 g/mol. The molecule has 118 valence electrons. The molecule has 0 fully saturated rings. The summed E-state index contributed by atoms with van der Waals surface area (Å²) >= 11 is 17.2. The molecule has 0 bridgehead atoms. The van der Waals surface area contributed by atoms with Crippen LogP contribution in [-0.2, 0) is 13.2 Å². The van der Waals surface area contributed by atoms with E-state index in [4.69, 9.17) is 34.8 Å². The average molecular weight is 373 g/mol. The van der Waals surface area contributed by atoms with Crippen molar-refractivity contribution < 1.29 is 18.0 Å². The second-order valence-electron chi connectivity index (χ2n) is 4.22. The molecule has 0 aliphatic rings. The van der Waals surface area contributed by atoms with Gasteiger partial charge in [0.25, 0.3) is 5.91 Å². The van der Waals surface area contributed by atoms with Crippen molar-refractivity contribution in [3.8, 4) is 0 Å². The first-order chi connectivity index (χ1) is 10.1. The molecule has 0 aliphatic heterocycles. The Balaban J connectivity index is 2.39. The second kappa shape index (κ2) is 5.98. The van der Waals surface area contributed by atoms with Crippen molar-refractivity contribution >= 4 is 46.4 Å². The van der Waals surface area contributed by atoms with Gasteiger partial charge in [0, 0.05) is 12.7 Å². The summed E-state index contributed by atoms with van der Waals surface area (Å²) in [6.45, 7) is 0. The predicted octanol–water partition coefficient (Wildman–Crippen LogP) is 4.65. The summed E-state index contributed by atoms with van der Waals surface area (Å²) in [5, 5.41) is 5.47. The molecule has 1 aromatic carbocycles. The molecule has 1 aromatic heterocycles. The lowest BCUT2D eigenvalue weighted by Gasteiger charge is -2.08. The van der Waals surface area contributed by atoms with E-state index >= 15 is 0 Å². The van der Waals surface area contributed by atoms with Gasteiger partial charge in [-0.05, 0) is 18.2 Å². The highest BCUT2D eigenvalue weighted by atomic mass is 35.5. The van der Waals surface area contributed by atoms with Gasteiger partial charge in [-0.1, -0.05) is 34.8 Å². The number of amides is 1. The molecule has 2 rings (SSSR count). The standard InChI is InChI=1S/C12H7Cl3F3N3O/c1-21-10(15)8(9(20-21)12(16,17)18)11(22)19-5-2-3-6(13)7(14)4-5/h2-4H,1H3,(H,19,22). The number of alkyl halides is 3. The van der Waals surface area contributed by atoms with Crippen molar-refractivity contribution in [3.05, 3.63) is 44.7 Å². The van der Waals surface area contributed by atoms with Gasteiger partial charge < -0.3 is 5.32 Å². The van der Waals surface area contributed by atoms with Crippen LogP contribution >= 0.6 is 34.8 Å². The van der Waals surface area contributed by atoms with Gasteiger partial charge in [0.2, 0.25) is 0 Å². The molecule has 22 heavy (non-hydrogen) atoms. The third kappa shape index (κ3) is 3.31. The predicted molar refractivity (Wildman–Crippen MR) is 77.6 cm³/mol. The summed E-state index contributed by atoms with van der Waals surface area (Å²) in [6, 6.07) is 4.10. The molecule has 2 aromatic rings. The fraction of sp³-hybridized carbons (Fsp3) is 0.167. The first kappa shape index (κ1) is 16.9. The second-order valence-corrected chi connectivity index (χ2v) is 5.39. The third-order valence-corrected chi connectivity index (χ3v) is 3.82. The van der Waals surface area contributed by atoms with Gasteiger partial charge in [0.05, 0.1) is 10.0 Å². The highest BCUT2D eigenvalue weighted by Crippen LogP contribution is 2.34. The SMILES string of the molecule is Cn1nc(C(F)(F)F)c(C(=O)Nc2ccc(Cl)c(Cl)c2)c1Cl. The van der Waals surface area contributed by atoms with Crippen molar-refractivity contribution in [1.82, 2.24) is 9.78 Å². The van der Waals surface area contributed by atoms with Crippen LogP contribution < -0.4 is 5.32 Å². The Hall–Kier alpha value is -1.44. The lowest BCUT2D eigenvalue weighted by atomic mass is 10.2. The topological polar surface area (TPSA) is 46.9 Å². The van der Waals surface area contributed by atoms with Crippen LogP contribution in [0.3, 0.4) is 0 Å². The zero-order valence-electron chi connectivity index (χ0n) is 10.8. The molecule has 1 heterocycles. The number of aryl methyl sites for hydroxylation is 1. The summed E-state index contributed by atoms with van der Waals surface area (Å²) in [5.41, 5.74) is -1.95. The number of halogens is 6. The normalized spacial score (nSPS) is 11.6. The van der Waals surface area contributed by atoms with Crippen LogP contribution in [0.4, 0.5) is 18.9 Å². The van der Waals surface area contributed by atoms with Crippen LogP contribution in [0.2, 0.25) is 15.2 Å². The van der Waals surface area contributed by atoms with E-state index in [0.717, 1.165) is 4.68 Å². The van der Waals surface area contributed by atoms with Crippen molar-refractivity contribution in [2.45, 2.75) is 6.18 Å². The van der Waals surface area contributed by atoms with Crippen molar-refractivity contribution in [3.63, 3.8) is 0 Å². The number of carbonyl (C=O) groups is 1. The van der Waals surface area contributed by atoms with E-state index in [1.54, 1.807) is 0 Å². The van der Waals surface area contributed by atoms with Gasteiger partial charge in [0.1, 0.15) is 10.7 Å². The number of carbonyl (C=O) groups excluding carboxylic acids is 1. The summed E-state index contributed by atoms with van der Waals surface area (Å²) in [4.78, 5) is 12.1. The van der Waals surface area contributed by atoms with Gasteiger partial charge in [-0.3, -0.25) is 9.48 Å². The maximum atomic E-state index is 12.9. The van der Waals surface area contributed by atoms with Crippen molar-refractivity contribution in [2.24, 2.45) is 7.05 Å². The number of aromatic nitrogens is 2. The number of anilines is 1. The zero-order valence-corrected chi connectivity index (χ0v) is 13.1. The van der Waals surface area contributed by atoms with E-state index in [9.17, 15) is 18.0 Å². The van der Waals surface area contributed by atoms with Crippen LogP contribution in [0.1, 0.15) is 16.1 Å². The molecule has 4 nitrogen and oxygen atoms in total.